The summed E-state index contributed by atoms with van der Waals surface area (Å²) in [5, 5.41) is 2.40. The van der Waals surface area contributed by atoms with Gasteiger partial charge < -0.3 is 15.8 Å². The molecule has 0 aliphatic heterocycles. The van der Waals surface area contributed by atoms with E-state index in [1.807, 2.05) is 0 Å². The molecule has 28 heavy (non-hydrogen) atoms. The van der Waals surface area contributed by atoms with E-state index in [1.165, 1.54) is 24.5 Å². The van der Waals surface area contributed by atoms with Gasteiger partial charge in [0.2, 0.25) is 5.88 Å². The zero-order chi connectivity index (χ0) is 20.9. The number of halogens is 3. The monoisotopic (exact) mass is 418 g/mol. The van der Waals surface area contributed by atoms with Crippen LogP contribution in [0, 0.1) is 0 Å². The first-order chi connectivity index (χ1) is 13.0. The molecule has 0 saturated carbocycles. The van der Waals surface area contributed by atoms with Crippen molar-refractivity contribution < 1.29 is 31.1 Å². The van der Waals surface area contributed by atoms with Crippen molar-refractivity contribution in [2.75, 3.05) is 18.6 Å². The second kappa shape index (κ2) is 8.52. The van der Waals surface area contributed by atoms with E-state index in [0.717, 1.165) is 12.3 Å². The molecule has 2 heterocycles. The minimum absolute atomic E-state index is 0.0226. The van der Waals surface area contributed by atoms with Gasteiger partial charge in [0.05, 0.1) is 17.5 Å². The summed E-state index contributed by atoms with van der Waals surface area (Å²) in [5.41, 5.74) is 4.45. The number of hydrogen-bond donors (Lipinski definition) is 2. The fourth-order valence-electron chi connectivity index (χ4n) is 2.05. The van der Waals surface area contributed by atoms with Crippen molar-refractivity contribution in [2.24, 2.45) is 5.73 Å². The van der Waals surface area contributed by atoms with Crippen LogP contribution in [0.15, 0.2) is 30.6 Å². The van der Waals surface area contributed by atoms with Gasteiger partial charge in [-0.25, -0.2) is 13.4 Å². The van der Waals surface area contributed by atoms with Crippen LogP contribution in [0.25, 0.3) is 0 Å². The highest BCUT2D eigenvalue weighted by Gasteiger charge is 2.33. The molecule has 0 saturated heterocycles. The molecule has 0 bridgehead atoms. The summed E-state index contributed by atoms with van der Waals surface area (Å²) in [4.78, 5) is 19.2. The number of hydrogen-bond acceptors (Lipinski definition) is 7. The Hall–Kier alpha value is -2.73. The number of amides is 1. The maximum Gasteiger partial charge on any atom is 0.433 e. The van der Waals surface area contributed by atoms with Crippen LogP contribution in [-0.2, 0) is 22.6 Å². The molecule has 152 valence electrons. The number of nitrogens with zero attached hydrogens (tertiary/aromatic N) is 2. The van der Waals surface area contributed by atoms with E-state index >= 15 is 0 Å². The molecule has 8 nitrogen and oxygen atoms in total. The number of ether oxygens (including phenoxy) is 1. The second-order valence-electron chi connectivity index (χ2n) is 5.80. The van der Waals surface area contributed by atoms with Gasteiger partial charge in [0.1, 0.15) is 21.3 Å². The van der Waals surface area contributed by atoms with Crippen molar-refractivity contribution in [1.29, 1.82) is 0 Å². The van der Waals surface area contributed by atoms with Gasteiger partial charge in [-0.3, -0.25) is 9.78 Å². The predicted molar refractivity (Wildman–Crippen MR) is 93.5 cm³/mol. The Kier molecular flexibility index (Phi) is 6.56. The molecule has 0 atom stereocenters. The van der Waals surface area contributed by atoms with Crippen LogP contribution < -0.4 is 15.8 Å². The molecule has 0 aliphatic carbocycles. The van der Waals surface area contributed by atoms with Gasteiger partial charge in [-0.05, 0) is 17.7 Å². The maximum atomic E-state index is 12.9. The molecular weight excluding hydrogens is 401 g/mol. The Morgan fingerprint density at radius 3 is 2.57 bits per heavy atom. The van der Waals surface area contributed by atoms with Crippen molar-refractivity contribution in [1.82, 2.24) is 15.3 Å². The molecular formula is C16H17F3N4O4S. The van der Waals surface area contributed by atoms with Crippen LogP contribution in [0.5, 0.6) is 11.6 Å². The van der Waals surface area contributed by atoms with Gasteiger partial charge in [0.25, 0.3) is 5.91 Å². The Bertz CT molecular complexity index is 965. The Morgan fingerprint density at radius 2 is 1.96 bits per heavy atom. The highest BCUT2D eigenvalue weighted by Crippen LogP contribution is 2.31. The lowest BCUT2D eigenvalue weighted by Crippen LogP contribution is -2.28. The van der Waals surface area contributed by atoms with Gasteiger partial charge in [0, 0.05) is 31.6 Å². The summed E-state index contributed by atoms with van der Waals surface area (Å²) < 4.78 is 66.2. The summed E-state index contributed by atoms with van der Waals surface area (Å²) in [5.74, 6) is -1.23. The minimum atomic E-state index is -4.68. The first kappa shape index (κ1) is 21.6. The fourth-order valence-corrected chi connectivity index (χ4v) is 2.52. The number of nitrogens with two attached hydrogens (primary N) is 1. The van der Waals surface area contributed by atoms with Crippen molar-refractivity contribution in [2.45, 2.75) is 12.7 Å². The molecule has 12 heteroatoms. The standard InChI is InChI=1S/C16H17F3N4O4S/c1-28(25,26)3-2-22-15(24)11-6-12(9-21-8-11)27-14-5-10(7-20)4-13(23-14)16(17,18)19/h4-6,8-9H,2-3,7,20H2,1H3,(H,22,24). The molecule has 2 aromatic heterocycles. The predicted octanol–water partition coefficient (Wildman–Crippen LogP) is 1.52. The fraction of sp³-hybridized carbons (Fsp3) is 0.312. The van der Waals surface area contributed by atoms with Crippen LogP contribution in [0.1, 0.15) is 21.6 Å². The highest BCUT2D eigenvalue weighted by atomic mass is 32.2. The average Bonchev–Trinajstić information content (AvgIpc) is 2.59. The second-order valence-corrected chi connectivity index (χ2v) is 8.06. The molecule has 0 spiro atoms. The Balaban J connectivity index is 2.17. The van der Waals surface area contributed by atoms with Gasteiger partial charge in [0.15, 0.2) is 0 Å². The third-order valence-corrected chi connectivity index (χ3v) is 4.29. The van der Waals surface area contributed by atoms with E-state index in [4.69, 9.17) is 10.5 Å². The molecule has 0 radical (unpaired) electrons. The quantitative estimate of drug-likeness (QED) is 0.699. The summed E-state index contributed by atoms with van der Waals surface area (Å²) >= 11 is 0. The lowest BCUT2D eigenvalue weighted by molar-refractivity contribution is -0.141. The molecule has 0 fully saturated rings. The van der Waals surface area contributed by atoms with Crippen molar-refractivity contribution >= 4 is 15.7 Å². The van der Waals surface area contributed by atoms with Gasteiger partial charge in [-0.1, -0.05) is 0 Å². The average molecular weight is 418 g/mol. The Morgan fingerprint density at radius 1 is 1.25 bits per heavy atom. The first-order valence-corrected chi connectivity index (χ1v) is 9.91. The lowest BCUT2D eigenvalue weighted by atomic mass is 10.2. The number of alkyl halides is 3. The SMILES string of the molecule is CS(=O)(=O)CCNC(=O)c1cncc(Oc2cc(CN)cc(C(F)(F)F)n2)c1. The smallest absolute Gasteiger partial charge is 0.433 e. The topological polar surface area (TPSA) is 124 Å². The lowest BCUT2D eigenvalue weighted by Gasteiger charge is -2.11. The van der Waals surface area contributed by atoms with Gasteiger partial charge >= 0.3 is 6.18 Å². The molecule has 0 aromatic carbocycles. The summed E-state index contributed by atoms with van der Waals surface area (Å²) in [7, 11) is -3.24. The number of rotatable bonds is 7. The summed E-state index contributed by atoms with van der Waals surface area (Å²) in [6, 6.07) is 3.30. The summed E-state index contributed by atoms with van der Waals surface area (Å²) in [6.07, 6.45) is -1.25. The van der Waals surface area contributed by atoms with Crippen LogP contribution in [0.3, 0.4) is 0 Å². The molecule has 0 aliphatic rings. The number of nitrogens with one attached hydrogen (secondary N) is 1. The van der Waals surface area contributed by atoms with E-state index in [-0.39, 0.29) is 41.6 Å². The Labute approximate surface area is 158 Å². The van der Waals surface area contributed by atoms with Crippen molar-refractivity contribution in [3.05, 3.63) is 47.4 Å². The van der Waals surface area contributed by atoms with E-state index in [1.54, 1.807) is 0 Å². The molecule has 2 rings (SSSR count). The number of carbonyl (C=O) groups is 1. The van der Waals surface area contributed by atoms with Gasteiger partial charge in [-0.15, -0.1) is 0 Å². The zero-order valence-electron chi connectivity index (χ0n) is 14.7. The number of sulfone groups is 1. The summed E-state index contributed by atoms with van der Waals surface area (Å²) in [6.45, 7) is -0.249. The van der Waals surface area contributed by atoms with Crippen LogP contribution in [0.2, 0.25) is 0 Å². The number of aromatic nitrogens is 2. The third-order valence-electron chi connectivity index (χ3n) is 3.34. The van der Waals surface area contributed by atoms with E-state index in [9.17, 15) is 26.4 Å². The van der Waals surface area contributed by atoms with Crippen LogP contribution >= 0.6 is 0 Å². The van der Waals surface area contributed by atoms with Gasteiger partial charge in [-0.2, -0.15) is 13.2 Å². The minimum Gasteiger partial charge on any atom is -0.437 e. The normalized spacial score (nSPS) is 11.9. The van der Waals surface area contributed by atoms with E-state index in [2.05, 4.69) is 15.3 Å². The molecule has 0 unspecified atom stereocenters. The maximum absolute atomic E-state index is 12.9. The number of pyridine rings is 2. The zero-order valence-corrected chi connectivity index (χ0v) is 15.5. The molecule has 3 N–H and O–H groups in total. The number of carbonyl (C=O) groups excluding carboxylic acids is 1. The highest BCUT2D eigenvalue weighted by molar-refractivity contribution is 7.90. The van der Waals surface area contributed by atoms with Crippen molar-refractivity contribution in [3.63, 3.8) is 0 Å². The van der Waals surface area contributed by atoms with Crippen molar-refractivity contribution in [3.8, 4) is 11.6 Å². The third kappa shape index (κ3) is 6.46. The largest absolute Gasteiger partial charge is 0.437 e. The first-order valence-electron chi connectivity index (χ1n) is 7.85. The molecule has 1 amide bonds. The van der Waals surface area contributed by atoms with E-state index in [0.29, 0.717) is 0 Å². The molecule has 2 aromatic rings. The van der Waals surface area contributed by atoms with E-state index < -0.39 is 27.6 Å². The van der Waals surface area contributed by atoms with Crippen LogP contribution in [-0.4, -0.2) is 42.8 Å². The van der Waals surface area contributed by atoms with Crippen LogP contribution in [0.4, 0.5) is 13.2 Å².